The van der Waals surface area contributed by atoms with E-state index in [0.717, 1.165) is 11.3 Å². The molecule has 0 aliphatic rings. The molecule has 0 saturated carbocycles. The summed E-state index contributed by atoms with van der Waals surface area (Å²) in [6, 6.07) is 4.70. The average molecular weight is 249 g/mol. The third kappa shape index (κ3) is 4.01. The molecule has 84 valence electrons. The largest absolute Gasteiger partial charge is 0.392 e. The van der Waals surface area contributed by atoms with E-state index in [0.29, 0.717) is 0 Å². The first-order valence-corrected chi connectivity index (χ1v) is 6.17. The van der Waals surface area contributed by atoms with Crippen LogP contribution in [0.5, 0.6) is 0 Å². The van der Waals surface area contributed by atoms with Gasteiger partial charge in [0.15, 0.2) is 0 Å². The van der Waals surface area contributed by atoms with Crippen molar-refractivity contribution in [2.24, 2.45) is 0 Å². The SMILES string of the molecule is CC(O)C(C)SCc1ccc(F)c(Cl)c1. The zero-order valence-electron chi connectivity index (χ0n) is 8.71. The Labute approximate surface area is 98.6 Å². The van der Waals surface area contributed by atoms with E-state index in [2.05, 4.69) is 0 Å². The molecule has 15 heavy (non-hydrogen) atoms. The Hall–Kier alpha value is -0.250. The Balaban J connectivity index is 2.55. The maximum atomic E-state index is 12.8. The van der Waals surface area contributed by atoms with Crippen LogP contribution in [-0.4, -0.2) is 16.5 Å². The second kappa shape index (κ2) is 5.73. The highest BCUT2D eigenvalue weighted by molar-refractivity contribution is 7.99. The van der Waals surface area contributed by atoms with E-state index in [-0.39, 0.29) is 16.4 Å². The molecule has 0 aliphatic heterocycles. The fraction of sp³-hybridized carbons (Fsp3) is 0.455. The Bertz CT molecular complexity index is 330. The van der Waals surface area contributed by atoms with E-state index in [1.54, 1.807) is 30.8 Å². The minimum absolute atomic E-state index is 0.151. The van der Waals surface area contributed by atoms with Gasteiger partial charge in [0.1, 0.15) is 5.82 Å². The van der Waals surface area contributed by atoms with Crippen LogP contribution in [0, 0.1) is 5.82 Å². The van der Waals surface area contributed by atoms with E-state index >= 15 is 0 Å². The monoisotopic (exact) mass is 248 g/mol. The first-order valence-electron chi connectivity index (χ1n) is 4.74. The molecule has 2 atom stereocenters. The first-order chi connectivity index (χ1) is 7.00. The number of hydrogen-bond donors (Lipinski definition) is 1. The number of rotatable bonds is 4. The van der Waals surface area contributed by atoms with Crippen molar-refractivity contribution in [2.75, 3.05) is 0 Å². The van der Waals surface area contributed by atoms with Gasteiger partial charge in [-0.15, -0.1) is 0 Å². The molecular weight excluding hydrogens is 235 g/mol. The minimum Gasteiger partial charge on any atom is -0.392 e. The van der Waals surface area contributed by atoms with Crippen LogP contribution in [0.4, 0.5) is 4.39 Å². The highest BCUT2D eigenvalue weighted by atomic mass is 35.5. The molecule has 0 radical (unpaired) electrons. The van der Waals surface area contributed by atoms with Crippen LogP contribution in [0.3, 0.4) is 0 Å². The summed E-state index contributed by atoms with van der Waals surface area (Å²) >= 11 is 7.28. The lowest BCUT2D eigenvalue weighted by atomic mass is 10.2. The van der Waals surface area contributed by atoms with Gasteiger partial charge in [0.25, 0.3) is 0 Å². The molecule has 0 fully saturated rings. The molecule has 2 unspecified atom stereocenters. The van der Waals surface area contributed by atoms with Crippen molar-refractivity contribution in [2.45, 2.75) is 31.0 Å². The summed E-state index contributed by atoms with van der Waals surface area (Å²) in [7, 11) is 0. The smallest absolute Gasteiger partial charge is 0.141 e. The van der Waals surface area contributed by atoms with E-state index in [1.807, 2.05) is 6.92 Å². The number of aliphatic hydroxyl groups is 1. The second-order valence-corrected chi connectivity index (χ2v) is 5.28. The number of hydrogen-bond acceptors (Lipinski definition) is 2. The lowest BCUT2D eigenvalue weighted by Crippen LogP contribution is -2.15. The van der Waals surface area contributed by atoms with Crippen LogP contribution in [0.15, 0.2) is 18.2 Å². The zero-order valence-corrected chi connectivity index (χ0v) is 10.3. The Morgan fingerprint density at radius 2 is 2.13 bits per heavy atom. The van der Waals surface area contributed by atoms with Gasteiger partial charge in [-0.3, -0.25) is 0 Å². The van der Waals surface area contributed by atoms with Gasteiger partial charge < -0.3 is 5.11 Å². The van der Waals surface area contributed by atoms with Gasteiger partial charge >= 0.3 is 0 Å². The van der Waals surface area contributed by atoms with Crippen molar-refractivity contribution < 1.29 is 9.50 Å². The Kier molecular flexibility index (Phi) is 4.90. The van der Waals surface area contributed by atoms with Crippen LogP contribution in [0.25, 0.3) is 0 Å². The van der Waals surface area contributed by atoms with Crippen LogP contribution < -0.4 is 0 Å². The molecule has 1 N–H and O–H groups in total. The minimum atomic E-state index is -0.394. The normalized spacial score (nSPS) is 15.0. The maximum absolute atomic E-state index is 12.8. The van der Waals surface area contributed by atoms with Gasteiger partial charge in [0.2, 0.25) is 0 Å². The number of benzene rings is 1. The molecule has 0 amide bonds. The summed E-state index contributed by atoms with van der Waals surface area (Å²) in [5.41, 5.74) is 0.971. The lowest BCUT2D eigenvalue weighted by Gasteiger charge is -2.13. The summed E-state index contributed by atoms with van der Waals surface area (Å²) in [5.74, 6) is 0.334. The average Bonchev–Trinajstić information content (AvgIpc) is 2.19. The van der Waals surface area contributed by atoms with Gasteiger partial charge in [0, 0.05) is 11.0 Å². The van der Waals surface area contributed by atoms with Gasteiger partial charge in [0.05, 0.1) is 11.1 Å². The predicted molar refractivity (Wildman–Crippen MR) is 63.8 cm³/mol. The molecule has 1 rings (SSSR count). The molecular formula is C11H14ClFOS. The van der Waals surface area contributed by atoms with E-state index in [1.165, 1.54) is 6.07 Å². The molecule has 1 aromatic rings. The molecule has 4 heteroatoms. The molecule has 1 aromatic carbocycles. The van der Waals surface area contributed by atoms with Crippen LogP contribution >= 0.6 is 23.4 Å². The third-order valence-corrected chi connectivity index (χ3v) is 3.89. The summed E-state index contributed by atoms with van der Waals surface area (Å²) in [6.45, 7) is 3.72. The van der Waals surface area contributed by atoms with E-state index < -0.39 is 5.82 Å². The van der Waals surface area contributed by atoms with Crippen LogP contribution in [-0.2, 0) is 5.75 Å². The Morgan fingerprint density at radius 3 is 2.67 bits per heavy atom. The van der Waals surface area contributed by atoms with Crippen molar-refractivity contribution in [3.63, 3.8) is 0 Å². The fourth-order valence-corrected chi connectivity index (χ4v) is 2.11. The molecule has 0 spiro atoms. The van der Waals surface area contributed by atoms with Crippen molar-refractivity contribution in [1.82, 2.24) is 0 Å². The quantitative estimate of drug-likeness (QED) is 0.880. The molecule has 0 saturated heterocycles. The van der Waals surface area contributed by atoms with Crippen LogP contribution in [0.1, 0.15) is 19.4 Å². The molecule has 0 heterocycles. The Morgan fingerprint density at radius 1 is 1.47 bits per heavy atom. The topological polar surface area (TPSA) is 20.2 Å². The third-order valence-electron chi connectivity index (χ3n) is 2.18. The number of aliphatic hydroxyl groups excluding tert-OH is 1. The summed E-state index contributed by atoms with van der Waals surface area (Å²) in [6.07, 6.45) is -0.342. The molecule has 0 aromatic heterocycles. The summed E-state index contributed by atoms with van der Waals surface area (Å²) in [4.78, 5) is 0. The number of thioether (sulfide) groups is 1. The lowest BCUT2D eigenvalue weighted by molar-refractivity contribution is 0.196. The van der Waals surface area contributed by atoms with Gasteiger partial charge in [-0.25, -0.2) is 4.39 Å². The second-order valence-electron chi connectivity index (χ2n) is 3.51. The van der Waals surface area contributed by atoms with Crippen molar-refractivity contribution >= 4 is 23.4 Å². The summed E-state index contributed by atoms with van der Waals surface area (Å²) < 4.78 is 12.8. The first kappa shape index (κ1) is 12.8. The standard InChI is InChI=1S/C11H14ClFOS/c1-7(14)8(2)15-6-9-3-4-11(13)10(12)5-9/h3-5,7-8,14H,6H2,1-2H3. The molecule has 0 aliphatic carbocycles. The molecule has 1 nitrogen and oxygen atoms in total. The van der Waals surface area contributed by atoms with Crippen molar-refractivity contribution in [1.29, 1.82) is 0 Å². The van der Waals surface area contributed by atoms with Gasteiger partial charge in [-0.05, 0) is 24.6 Å². The maximum Gasteiger partial charge on any atom is 0.141 e. The van der Waals surface area contributed by atoms with Crippen LogP contribution in [0.2, 0.25) is 5.02 Å². The van der Waals surface area contributed by atoms with E-state index in [4.69, 9.17) is 11.6 Å². The summed E-state index contributed by atoms with van der Waals surface area (Å²) in [5, 5.41) is 9.60. The predicted octanol–water partition coefficient (Wildman–Crippen LogP) is 3.48. The highest BCUT2D eigenvalue weighted by Gasteiger charge is 2.09. The van der Waals surface area contributed by atoms with Crippen molar-refractivity contribution in [3.8, 4) is 0 Å². The van der Waals surface area contributed by atoms with E-state index in [9.17, 15) is 9.50 Å². The highest BCUT2D eigenvalue weighted by Crippen LogP contribution is 2.23. The zero-order chi connectivity index (χ0) is 11.4. The van der Waals surface area contributed by atoms with Gasteiger partial charge in [-0.2, -0.15) is 11.8 Å². The number of halogens is 2. The van der Waals surface area contributed by atoms with Gasteiger partial charge in [-0.1, -0.05) is 24.6 Å². The fourth-order valence-electron chi connectivity index (χ4n) is 0.996. The molecule has 0 bridgehead atoms. The van der Waals surface area contributed by atoms with Crippen molar-refractivity contribution in [3.05, 3.63) is 34.6 Å².